The van der Waals surface area contributed by atoms with Crippen LogP contribution in [0.4, 0.5) is 10.1 Å². The maximum absolute atomic E-state index is 14.4. The molecule has 5 aromatic rings. The molecule has 0 fully saturated rings. The molecule has 0 saturated heterocycles. The third-order valence-electron chi connectivity index (χ3n) is 4.84. The van der Waals surface area contributed by atoms with Gasteiger partial charge in [-0.15, -0.1) is 11.3 Å². The first-order chi connectivity index (χ1) is 15.6. The van der Waals surface area contributed by atoms with E-state index in [0.29, 0.717) is 32.9 Å². The number of halogens is 1. The van der Waals surface area contributed by atoms with Gasteiger partial charge in [-0.05, 0) is 47.8 Å². The Morgan fingerprint density at radius 2 is 1.88 bits per heavy atom. The second-order valence-corrected chi connectivity index (χ2v) is 7.76. The second-order valence-electron chi connectivity index (χ2n) is 6.81. The molecule has 1 aromatic carbocycles. The highest BCUT2D eigenvalue weighted by Crippen LogP contribution is 2.27. The highest BCUT2D eigenvalue weighted by Gasteiger charge is 2.19. The van der Waals surface area contributed by atoms with Gasteiger partial charge in [0.2, 0.25) is 5.78 Å². The van der Waals surface area contributed by atoms with Gasteiger partial charge in [-0.25, -0.2) is 13.9 Å². The van der Waals surface area contributed by atoms with Crippen LogP contribution < -0.4 is 5.32 Å². The minimum absolute atomic E-state index is 0.0244. The number of hydrogen-bond acceptors (Lipinski definition) is 6. The maximum atomic E-state index is 14.4. The number of carbonyl (C=O) groups excluding carboxylic acids is 2. The van der Waals surface area contributed by atoms with Crippen LogP contribution in [-0.4, -0.2) is 31.3 Å². The van der Waals surface area contributed by atoms with Gasteiger partial charge in [0, 0.05) is 29.7 Å². The molecule has 4 aromatic heterocycles. The Kier molecular flexibility index (Phi) is 5.00. The van der Waals surface area contributed by atoms with Crippen LogP contribution in [0.2, 0.25) is 0 Å². The monoisotopic (exact) mass is 443 g/mol. The van der Waals surface area contributed by atoms with E-state index in [0.717, 1.165) is 0 Å². The van der Waals surface area contributed by atoms with E-state index in [1.54, 1.807) is 36.5 Å². The third kappa shape index (κ3) is 3.54. The SMILES string of the molecule is O=C(Nc1cc(-c2ccnc3c(C(=O)c4cccs4)cnn23)ccc1F)c1ccncc1. The molecule has 0 aliphatic rings. The van der Waals surface area contributed by atoms with Crippen LogP contribution >= 0.6 is 11.3 Å². The van der Waals surface area contributed by atoms with Crippen LogP contribution in [0.1, 0.15) is 25.6 Å². The van der Waals surface area contributed by atoms with Crippen molar-refractivity contribution in [3.05, 3.63) is 101 Å². The molecule has 0 bridgehead atoms. The Hall–Kier alpha value is -4.24. The molecule has 0 radical (unpaired) electrons. The zero-order valence-corrected chi connectivity index (χ0v) is 17.2. The summed E-state index contributed by atoms with van der Waals surface area (Å²) >= 11 is 1.35. The largest absolute Gasteiger partial charge is 0.319 e. The quantitative estimate of drug-likeness (QED) is 0.405. The van der Waals surface area contributed by atoms with Gasteiger partial charge in [0.1, 0.15) is 5.82 Å². The van der Waals surface area contributed by atoms with Crippen LogP contribution in [0.15, 0.2) is 78.7 Å². The molecule has 32 heavy (non-hydrogen) atoms. The van der Waals surface area contributed by atoms with E-state index >= 15 is 0 Å². The number of benzene rings is 1. The van der Waals surface area contributed by atoms with Crippen LogP contribution in [0.3, 0.4) is 0 Å². The molecule has 7 nitrogen and oxygen atoms in total. The van der Waals surface area contributed by atoms with Gasteiger partial charge in [0.25, 0.3) is 5.91 Å². The van der Waals surface area contributed by atoms with Gasteiger partial charge in [0.05, 0.1) is 28.0 Å². The fourth-order valence-corrected chi connectivity index (χ4v) is 3.97. The summed E-state index contributed by atoms with van der Waals surface area (Å²) in [7, 11) is 0. The summed E-state index contributed by atoms with van der Waals surface area (Å²) in [6.45, 7) is 0. The lowest BCUT2D eigenvalue weighted by Gasteiger charge is -2.10. The van der Waals surface area contributed by atoms with Crippen molar-refractivity contribution in [1.82, 2.24) is 19.6 Å². The van der Waals surface area contributed by atoms with E-state index in [1.165, 1.54) is 46.6 Å². The molecule has 0 atom stereocenters. The van der Waals surface area contributed by atoms with Gasteiger partial charge in [-0.1, -0.05) is 6.07 Å². The molecule has 0 spiro atoms. The fraction of sp³-hybridized carbons (Fsp3) is 0. The Morgan fingerprint density at radius 3 is 2.66 bits per heavy atom. The smallest absolute Gasteiger partial charge is 0.255 e. The van der Waals surface area contributed by atoms with Crippen molar-refractivity contribution < 1.29 is 14.0 Å². The number of hydrogen-bond donors (Lipinski definition) is 1. The molecule has 0 aliphatic heterocycles. The van der Waals surface area contributed by atoms with E-state index in [4.69, 9.17) is 0 Å². The molecule has 4 heterocycles. The Morgan fingerprint density at radius 1 is 1.03 bits per heavy atom. The molecular weight excluding hydrogens is 429 g/mol. The highest BCUT2D eigenvalue weighted by molar-refractivity contribution is 7.12. The predicted octanol–water partition coefficient (Wildman–Crippen LogP) is 4.48. The first-order valence-corrected chi connectivity index (χ1v) is 10.4. The summed E-state index contributed by atoms with van der Waals surface area (Å²) in [5.74, 6) is -1.19. The normalized spacial score (nSPS) is 10.9. The van der Waals surface area contributed by atoms with Crippen molar-refractivity contribution in [2.45, 2.75) is 0 Å². The standard InChI is InChI=1S/C23H14FN5O2S/c24-17-4-3-15(12-18(17)28-23(31)14-5-8-25-9-6-14)19-7-10-26-22-16(13-27-29(19)22)21(30)20-2-1-11-32-20/h1-13H,(H,28,31). The third-order valence-corrected chi connectivity index (χ3v) is 5.71. The predicted molar refractivity (Wildman–Crippen MR) is 118 cm³/mol. The van der Waals surface area contributed by atoms with Gasteiger partial charge < -0.3 is 5.32 Å². The number of rotatable bonds is 5. The average Bonchev–Trinajstić information content (AvgIpc) is 3.51. The first-order valence-electron chi connectivity index (χ1n) is 9.54. The van der Waals surface area contributed by atoms with Crippen molar-refractivity contribution in [1.29, 1.82) is 0 Å². The molecule has 0 unspecified atom stereocenters. The van der Waals surface area contributed by atoms with E-state index < -0.39 is 11.7 Å². The van der Waals surface area contributed by atoms with Crippen LogP contribution in [0, 0.1) is 5.82 Å². The fourth-order valence-electron chi connectivity index (χ4n) is 3.29. The summed E-state index contributed by atoms with van der Waals surface area (Å²) < 4.78 is 16.0. The Bertz CT molecular complexity index is 1450. The summed E-state index contributed by atoms with van der Waals surface area (Å²) in [6.07, 6.45) is 6.02. The molecule has 1 amide bonds. The Labute approximate surface area is 185 Å². The zero-order chi connectivity index (χ0) is 22.1. The summed E-state index contributed by atoms with van der Waals surface area (Å²) in [6, 6.07) is 12.7. The second kappa shape index (κ2) is 8.12. The lowest BCUT2D eigenvalue weighted by atomic mass is 10.1. The van der Waals surface area contributed by atoms with Crippen molar-refractivity contribution in [2.24, 2.45) is 0 Å². The number of nitrogens with zero attached hydrogens (tertiary/aromatic N) is 4. The zero-order valence-electron chi connectivity index (χ0n) is 16.4. The van der Waals surface area contributed by atoms with Gasteiger partial charge >= 0.3 is 0 Å². The number of ketones is 1. The van der Waals surface area contributed by atoms with Crippen molar-refractivity contribution >= 4 is 34.4 Å². The molecule has 5 rings (SSSR count). The number of carbonyl (C=O) groups is 2. The minimum Gasteiger partial charge on any atom is -0.319 e. The summed E-state index contributed by atoms with van der Waals surface area (Å²) in [5.41, 5.74) is 2.35. The summed E-state index contributed by atoms with van der Waals surface area (Å²) in [5, 5.41) is 8.75. The van der Waals surface area contributed by atoms with Gasteiger partial charge in [-0.3, -0.25) is 14.6 Å². The molecule has 9 heteroatoms. The van der Waals surface area contributed by atoms with E-state index in [2.05, 4.69) is 20.4 Å². The van der Waals surface area contributed by atoms with Crippen LogP contribution in [-0.2, 0) is 0 Å². The van der Waals surface area contributed by atoms with E-state index in [9.17, 15) is 14.0 Å². The number of anilines is 1. The van der Waals surface area contributed by atoms with E-state index in [-0.39, 0.29) is 11.5 Å². The lowest BCUT2D eigenvalue weighted by molar-refractivity contribution is 0.102. The number of thiophene rings is 1. The molecule has 1 N–H and O–H groups in total. The number of pyridine rings is 1. The number of amides is 1. The first kappa shape index (κ1) is 19.7. The molecule has 0 aliphatic carbocycles. The van der Waals surface area contributed by atoms with Gasteiger partial charge in [-0.2, -0.15) is 5.10 Å². The van der Waals surface area contributed by atoms with Gasteiger partial charge in [0.15, 0.2) is 5.65 Å². The minimum atomic E-state index is -0.574. The van der Waals surface area contributed by atoms with Crippen molar-refractivity contribution in [2.75, 3.05) is 5.32 Å². The Balaban J connectivity index is 1.53. The average molecular weight is 443 g/mol. The number of fused-ring (bicyclic) bond motifs is 1. The van der Waals surface area contributed by atoms with Crippen molar-refractivity contribution in [3.63, 3.8) is 0 Å². The molecule has 0 saturated carbocycles. The topological polar surface area (TPSA) is 89.2 Å². The van der Waals surface area contributed by atoms with Crippen LogP contribution in [0.5, 0.6) is 0 Å². The van der Waals surface area contributed by atoms with Crippen molar-refractivity contribution in [3.8, 4) is 11.3 Å². The molecular formula is C23H14FN5O2S. The maximum Gasteiger partial charge on any atom is 0.255 e. The van der Waals surface area contributed by atoms with Crippen LogP contribution in [0.25, 0.3) is 16.9 Å². The number of aromatic nitrogens is 4. The van der Waals surface area contributed by atoms with E-state index in [1.807, 2.05) is 11.4 Å². The highest BCUT2D eigenvalue weighted by atomic mass is 32.1. The molecule has 156 valence electrons. The lowest BCUT2D eigenvalue weighted by Crippen LogP contribution is -2.13. The number of nitrogens with one attached hydrogen (secondary N) is 1. The summed E-state index contributed by atoms with van der Waals surface area (Å²) in [4.78, 5) is 34.0.